The number of nitrogens with one attached hydrogen (secondary N) is 1. The van der Waals surface area contributed by atoms with E-state index in [9.17, 15) is 9.59 Å². The maximum Gasteiger partial charge on any atom is 0.244 e. The first-order valence-electron chi connectivity index (χ1n) is 16.3. The highest BCUT2D eigenvalue weighted by atomic mass is 16.2. The molecule has 2 aliphatic rings. The number of aliphatic imine (C=N–C) groups is 1. The molecule has 1 saturated carbocycles. The lowest BCUT2D eigenvalue weighted by atomic mass is 9.73. The Morgan fingerprint density at radius 2 is 1.86 bits per heavy atom. The molecule has 3 rings (SSSR count). The van der Waals surface area contributed by atoms with Crippen molar-refractivity contribution in [2.45, 2.75) is 97.4 Å². The maximum atomic E-state index is 14.0. The zero-order valence-corrected chi connectivity index (χ0v) is 27.2. The van der Waals surface area contributed by atoms with Crippen LogP contribution in [0.25, 0.3) is 0 Å². The third-order valence-corrected chi connectivity index (χ3v) is 10.2. The van der Waals surface area contributed by atoms with E-state index in [0.717, 1.165) is 56.6 Å². The molecule has 0 spiro atoms. The van der Waals surface area contributed by atoms with E-state index in [1.807, 2.05) is 11.8 Å². The SMILES string of the molecule is C=C/C(=C\N=C(C)C(C)CC)NC(=O)CN1CCC[C@](c2ccccc2)(N(C)C)CCCC(CC2CCC2)C(C)C1=O. The number of benzene rings is 1. The second kappa shape index (κ2) is 16.2. The van der Waals surface area contributed by atoms with Gasteiger partial charge in [-0.05, 0) is 88.9 Å². The molecule has 0 bridgehead atoms. The van der Waals surface area contributed by atoms with Gasteiger partial charge in [-0.1, -0.05) is 83.4 Å². The Hall–Kier alpha value is -2.73. The van der Waals surface area contributed by atoms with Crippen LogP contribution in [0.3, 0.4) is 0 Å². The number of carbonyl (C=O) groups excluding carboxylic acids is 2. The highest BCUT2D eigenvalue weighted by Gasteiger charge is 2.37. The van der Waals surface area contributed by atoms with Gasteiger partial charge < -0.3 is 10.2 Å². The molecule has 1 aromatic carbocycles. The lowest BCUT2D eigenvalue weighted by molar-refractivity contribution is -0.140. The molecule has 1 aromatic rings. The van der Waals surface area contributed by atoms with Gasteiger partial charge in [0.25, 0.3) is 0 Å². The van der Waals surface area contributed by atoms with E-state index in [1.54, 1.807) is 12.3 Å². The van der Waals surface area contributed by atoms with E-state index in [4.69, 9.17) is 0 Å². The standard InChI is InChI=1S/C36H56N4O2/c1-8-27(3)29(5)37-25-33(9-2)38-34(41)26-40-23-15-22-36(39(6)7,32-19-11-10-12-20-32)21-14-18-31(28(4)35(40)42)24-30-16-13-17-30/h9-12,19-20,25,27-28,30-31H,2,8,13-18,21-24,26H2,1,3-7H3,(H,38,41)/b33-25+,37-29?/t27?,28?,31?,36-/m1/s1. The Morgan fingerprint density at radius 3 is 2.45 bits per heavy atom. The highest BCUT2D eigenvalue weighted by molar-refractivity contribution is 5.87. The monoisotopic (exact) mass is 576 g/mol. The fourth-order valence-electron chi connectivity index (χ4n) is 6.68. The van der Waals surface area contributed by atoms with Crippen LogP contribution in [-0.4, -0.2) is 54.5 Å². The zero-order valence-electron chi connectivity index (χ0n) is 27.2. The van der Waals surface area contributed by atoms with Crippen LogP contribution in [0.4, 0.5) is 0 Å². The third kappa shape index (κ3) is 8.89. The van der Waals surface area contributed by atoms with E-state index >= 15 is 0 Å². The first kappa shape index (κ1) is 33.8. The van der Waals surface area contributed by atoms with Gasteiger partial charge in [0.1, 0.15) is 0 Å². The summed E-state index contributed by atoms with van der Waals surface area (Å²) in [6, 6.07) is 10.8. The van der Waals surface area contributed by atoms with Crippen molar-refractivity contribution in [2.24, 2.45) is 28.7 Å². The average molecular weight is 577 g/mol. The molecule has 0 radical (unpaired) electrons. The van der Waals surface area contributed by atoms with E-state index in [-0.39, 0.29) is 29.8 Å². The summed E-state index contributed by atoms with van der Waals surface area (Å²) in [7, 11) is 4.37. The summed E-state index contributed by atoms with van der Waals surface area (Å²) in [6.45, 7) is 12.9. The molecule has 6 nitrogen and oxygen atoms in total. The average Bonchev–Trinajstić information content (AvgIpc) is 2.98. The molecule has 42 heavy (non-hydrogen) atoms. The van der Waals surface area contributed by atoms with Gasteiger partial charge in [0.05, 0.1) is 18.4 Å². The zero-order chi connectivity index (χ0) is 30.7. The van der Waals surface area contributed by atoms with Crippen molar-refractivity contribution in [2.75, 3.05) is 27.2 Å². The van der Waals surface area contributed by atoms with Crippen LogP contribution in [0, 0.1) is 23.7 Å². The molecule has 3 unspecified atom stereocenters. The number of hydrogen-bond acceptors (Lipinski definition) is 4. The number of allylic oxidation sites excluding steroid dienone is 1. The first-order chi connectivity index (χ1) is 20.1. The summed E-state index contributed by atoms with van der Waals surface area (Å²) in [5, 5.41) is 2.95. The molecule has 2 amide bonds. The van der Waals surface area contributed by atoms with Crippen LogP contribution in [0.15, 0.2) is 59.9 Å². The quantitative estimate of drug-likeness (QED) is 0.222. The van der Waals surface area contributed by atoms with Crippen molar-refractivity contribution >= 4 is 17.5 Å². The number of hydrogen-bond donors (Lipinski definition) is 1. The van der Waals surface area contributed by atoms with Crippen LogP contribution < -0.4 is 5.32 Å². The van der Waals surface area contributed by atoms with Gasteiger partial charge >= 0.3 is 0 Å². The Balaban J connectivity index is 1.84. The lowest BCUT2D eigenvalue weighted by Crippen LogP contribution is -2.45. The second-order valence-corrected chi connectivity index (χ2v) is 13.0. The number of rotatable bonds is 11. The van der Waals surface area contributed by atoms with Gasteiger partial charge in [-0.25, -0.2) is 0 Å². The van der Waals surface area contributed by atoms with Crippen LogP contribution in [-0.2, 0) is 15.1 Å². The van der Waals surface area contributed by atoms with Gasteiger partial charge in [0.15, 0.2) is 0 Å². The van der Waals surface area contributed by atoms with E-state index in [0.29, 0.717) is 24.1 Å². The number of amides is 2. The molecule has 1 N–H and O–H groups in total. The molecule has 232 valence electrons. The van der Waals surface area contributed by atoms with Crippen LogP contribution in [0.2, 0.25) is 0 Å². The van der Waals surface area contributed by atoms with Crippen LogP contribution >= 0.6 is 0 Å². The molecule has 1 saturated heterocycles. The van der Waals surface area contributed by atoms with Crippen molar-refractivity contribution in [1.29, 1.82) is 0 Å². The Labute approximate surface area is 255 Å². The lowest BCUT2D eigenvalue weighted by Gasteiger charge is -2.41. The minimum absolute atomic E-state index is 0.0405. The Bertz CT molecular complexity index is 1090. The molecule has 4 atom stereocenters. The van der Waals surface area contributed by atoms with Crippen molar-refractivity contribution < 1.29 is 9.59 Å². The predicted molar refractivity (Wildman–Crippen MR) is 175 cm³/mol. The summed E-state index contributed by atoms with van der Waals surface area (Å²) in [5.74, 6) is 1.26. The molecule has 1 aliphatic carbocycles. The molecule has 6 heteroatoms. The molecular weight excluding hydrogens is 520 g/mol. The molecule has 0 aromatic heterocycles. The number of carbonyl (C=O) groups is 2. The molecule has 2 fully saturated rings. The van der Waals surface area contributed by atoms with E-state index < -0.39 is 0 Å². The fraction of sp³-hybridized carbons (Fsp3) is 0.639. The van der Waals surface area contributed by atoms with Gasteiger partial charge in [0, 0.05) is 23.7 Å². The fourth-order valence-corrected chi connectivity index (χ4v) is 6.68. The molecular formula is C36H56N4O2. The van der Waals surface area contributed by atoms with Gasteiger partial charge in [-0.15, -0.1) is 0 Å². The minimum atomic E-state index is -0.203. The van der Waals surface area contributed by atoms with Crippen molar-refractivity contribution in [1.82, 2.24) is 15.1 Å². The minimum Gasteiger partial charge on any atom is -0.333 e. The summed E-state index contributed by atoms with van der Waals surface area (Å²) < 4.78 is 0. The van der Waals surface area contributed by atoms with E-state index in [1.165, 1.54) is 24.8 Å². The Kier molecular flexibility index (Phi) is 13.0. The van der Waals surface area contributed by atoms with Crippen LogP contribution in [0.5, 0.6) is 0 Å². The summed E-state index contributed by atoms with van der Waals surface area (Å²) in [5.41, 5.74) is 2.81. The summed E-state index contributed by atoms with van der Waals surface area (Å²) >= 11 is 0. The van der Waals surface area contributed by atoms with Crippen LogP contribution in [0.1, 0.15) is 97.5 Å². The van der Waals surface area contributed by atoms with Crippen molar-refractivity contribution in [3.63, 3.8) is 0 Å². The Morgan fingerprint density at radius 1 is 1.17 bits per heavy atom. The van der Waals surface area contributed by atoms with Gasteiger partial charge in [-0.3, -0.25) is 19.5 Å². The van der Waals surface area contributed by atoms with Crippen molar-refractivity contribution in [3.8, 4) is 0 Å². The smallest absolute Gasteiger partial charge is 0.244 e. The normalized spacial score (nSPS) is 25.9. The van der Waals surface area contributed by atoms with E-state index in [2.05, 4.69) is 87.0 Å². The summed E-state index contributed by atoms with van der Waals surface area (Å²) in [4.78, 5) is 36.1. The molecule has 1 heterocycles. The van der Waals surface area contributed by atoms with Gasteiger partial charge in [0.2, 0.25) is 11.8 Å². The predicted octanol–water partition coefficient (Wildman–Crippen LogP) is 7.33. The third-order valence-electron chi connectivity index (χ3n) is 10.2. The first-order valence-corrected chi connectivity index (χ1v) is 16.3. The largest absolute Gasteiger partial charge is 0.333 e. The maximum absolute atomic E-state index is 14.0. The topological polar surface area (TPSA) is 65.0 Å². The van der Waals surface area contributed by atoms with Crippen molar-refractivity contribution in [3.05, 3.63) is 60.4 Å². The molecule has 1 aliphatic heterocycles. The van der Waals surface area contributed by atoms with Gasteiger partial charge in [-0.2, -0.15) is 0 Å². The highest BCUT2D eigenvalue weighted by Crippen LogP contribution is 2.41. The summed E-state index contributed by atoms with van der Waals surface area (Å²) in [6.07, 6.45) is 14.2. The second-order valence-electron chi connectivity index (χ2n) is 13.0. The number of nitrogens with zero attached hydrogens (tertiary/aromatic N) is 3.